The summed E-state index contributed by atoms with van der Waals surface area (Å²) in [4.78, 5) is 0. The Morgan fingerprint density at radius 3 is 2.06 bits per heavy atom. The normalized spacial score (nSPS) is 20.3. The Bertz CT molecular complexity index is 388. The summed E-state index contributed by atoms with van der Waals surface area (Å²) in [5.74, 6) is 0. The molecule has 0 heterocycles. The lowest BCUT2D eigenvalue weighted by atomic mass is 9.94. The lowest BCUT2D eigenvalue weighted by Crippen LogP contribution is -2.52. The van der Waals surface area contributed by atoms with E-state index in [1.54, 1.807) is 13.8 Å². The maximum absolute atomic E-state index is 12.2. The fourth-order valence-electron chi connectivity index (χ4n) is 2.44. The fraction of sp³-hybridized carbons (Fsp3) is 0.917. The molecule has 0 aromatic heterocycles. The zero-order valence-electron chi connectivity index (χ0n) is 11.3. The van der Waals surface area contributed by atoms with Crippen molar-refractivity contribution in [2.24, 2.45) is 0 Å². The molecule has 1 N–H and O–H groups in total. The third-order valence-corrected chi connectivity index (χ3v) is 5.39. The Morgan fingerprint density at radius 1 is 1.17 bits per heavy atom. The molecule has 0 aromatic rings. The first-order valence-corrected chi connectivity index (χ1v) is 8.14. The topological polar surface area (TPSA) is 73.2 Å². The highest BCUT2D eigenvalue weighted by Crippen LogP contribution is 2.27. The molecule has 1 fully saturated rings. The van der Waals surface area contributed by atoms with Crippen LogP contribution in [0, 0.1) is 11.3 Å². The van der Waals surface area contributed by atoms with Crippen LogP contribution in [0.3, 0.4) is 0 Å². The molecule has 0 spiro atoms. The zero-order valence-corrected chi connectivity index (χ0v) is 12.1. The van der Waals surface area contributed by atoms with E-state index in [2.05, 4.69) is 10.8 Å². The average molecular weight is 273 g/mol. The van der Waals surface area contributed by atoms with Gasteiger partial charge in [-0.2, -0.15) is 22.7 Å². The standard InChI is InChI=1S/C12H23N3O2S/c1-3-15(4-2)18(16,17)14-12(11-13)9-7-5-6-8-10-12/h14H,3-10H2,1-2H3. The predicted octanol–water partition coefficient (Wildman–Crippen LogP) is 1.78. The number of nitrogens with zero attached hydrogens (tertiary/aromatic N) is 2. The summed E-state index contributed by atoms with van der Waals surface area (Å²) in [6, 6.07) is 2.20. The van der Waals surface area contributed by atoms with Gasteiger partial charge in [-0.3, -0.25) is 0 Å². The van der Waals surface area contributed by atoms with Crippen LogP contribution in [0.5, 0.6) is 0 Å². The van der Waals surface area contributed by atoms with Crippen LogP contribution in [0.4, 0.5) is 0 Å². The molecule has 104 valence electrons. The molecule has 5 nitrogen and oxygen atoms in total. The molecule has 0 bridgehead atoms. The first kappa shape index (κ1) is 15.4. The van der Waals surface area contributed by atoms with Gasteiger partial charge in [0, 0.05) is 13.1 Å². The van der Waals surface area contributed by atoms with Gasteiger partial charge in [-0.1, -0.05) is 39.5 Å². The minimum atomic E-state index is -3.55. The van der Waals surface area contributed by atoms with Crippen molar-refractivity contribution in [2.75, 3.05) is 13.1 Å². The summed E-state index contributed by atoms with van der Waals surface area (Å²) >= 11 is 0. The smallest absolute Gasteiger partial charge is 0.196 e. The molecular formula is C12H23N3O2S. The lowest BCUT2D eigenvalue weighted by Gasteiger charge is -2.29. The Hall–Kier alpha value is -0.640. The van der Waals surface area contributed by atoms with Gasteiger partial charge in [-0.25, -0.2) is 0 Å². The second-order valence-electron chi connectivity index (χ2n) is 4.80. The summed E-state index contributed by atoms with van der Waals surface area (Å²) in [5.41, 5.74) is -0.905. The molecule has 0 aromatic carbocycles. The first-order chi connectivity index (χ1) is 8.49. The Labute approximate surface area is 110 Å². The van der Waals surface area contributed by atoms with Gasteiger partial charge in [0.05, 0.1) is 6.07 Å². The molecular weight excluding hydrogens is 250 g/mol. The van der Waals surface area contributed by atoms with Crippen LogP contribution in [0.15, 0.2) is 0 Å². The lowest BCUT2D eigenvalue weighted by molar-refractivity contribution is 0.381. The molecule has 6 heteroatoms. The van der Waals surface area contributed by atoms with E-state index in [0.717, 1.165) is 25.7 Å². The molecule has 0 saturated heterocycles. The monoisotopic (exact) mass is 273 g/mol. The van der Waals surface area contributed by atoms with Gasteiger partial charge >= 0.3 is 0 Å². The molecule has 0 aliphatic heterocycles. The number of hydrogen-bond acceptors (Lipinski definition) is 3. The second kappa shape index (κ2) is 6.50. The van der Waals surface area contributed by atoms with Crippen LogP contribution in [0.2, 0.25) is 0 Å². The molecule has 18 heavy (non-hydrogen) atoms. The quantitative estimate of drug-likeness (QED) is 0.776. The van der Waals surface area contributed by atoms with E-state index in [4.69, 9.17) is 0 Å². The van der Waals surface area contributed by atoms with E-state index in [1.807, 2.05) is 0 Å². The highest BCUT2D eigenvalue weighted by molar-refractivity contribution is 7.87. The third-order valence-electron chi connectivity index (χ3n) is 3.54. The minimum absolute atomic E-state index is 0.424. The highest BCUT2D eigenvalue weighted by Gasteiger charge is 2.36. The van der Waals surface area contributed by atoms with Gasteiger partial charge in [0.2, 0.25) is 0 Å². The molecule has 1 saturated carbocycles. The molecule has 1 rings (SSSR count). The molecule has 1 aliphatic carbocycles. The Balaban J connectivity index is 2.88. The molecule has 1 aliphatic rings. The molecule has 0 amide bonds. The van der Waals surface area contributed by atoms with Crippen molar-refractivity contribution in [3.05, 3.63) is 0 Å². The van der Waals surface area contributed by atoms with Gasteiger partial charge < -0.3 is 0 Å². The van der Waals surface area contributed by atoms with Crippen molar-refractivity contribution in [3.8, 4) is 6.07 Å². The van der Waals surface area contributed by atoms with Crippen molar-refractivity contribution in [1.29, 1.82) is 5.26 Å². The van der Waals surface area contributed by atoms with E-state index >= 15 is 0 Å². The average Bonchev–Trinajstić information content (AvgIpc) is 2.56. The van der Waals surface area contributed by atoms with E-state index in [9.17, 15) is 13.7 Å². The van der Waals surface area contributed by atoms with Crippen molar-refractivity contribution in [3.63, 3.8) is 0 Å². The third kappa shape index (κ3) is 3.67. The van der Waals surface area contributed by atoms with Crippen LogP contribution in [0.1, 0.15) is 52.4 Å². The first-order valence-electron chi connectivity index (χ1n) is 6.70. The van der Waals surface area contributed by atoms with Gasteiger partial charge in [-0.05, 0) is 12.8 Å². The van der Waals surface area contributed by atoms with E-state index in [1.165, 1.54) is 4.31 Å². The van der Waals surface area contributed by atoms with Gasteiger partial charge in [0.15, 0.2) is 0 Å². The maximum atomic E-state index is 12.2. The number of hydrogen-bond donors (Lipinski definition) is 1. The van der Waals surface area contributed by atoms with Gasteiger partial charge in [0.25, 0.3) is 10.2 Å². The van der Waals surface area contributed by atoms with E-state index < -0.39 is 15.7 Å². The fourth-order valence-corrected chi connectivity index (χ4v) is 4.00. The minimum Gasteiger partial charge on any atom is -0.196 e. The van der Waals surface area contributed by atoms with Crippen LogP contribution >= 0.6 is 0 Å². The Morgan fingerprint density at radius 2 is 1.67 bits per heavy atom. The SMILES string of the molecule is CCN(CC)S(=O)(=O)NC1(C#N)CCCCCC1. The van der Waals surface area contributed by atoms with Gasteiger partial charge in [-0.15, -0.1) is 0 Å². The van der Waals surface area contributed by atoms with E-state index in [-0.39, 0.29) is 0 Å². The van der Waals surface area contributed by atoms with E-state index in [0.29, 0.717) is 25.9 Å². The molecule has 0 unspecified atom stereocenters. The van der Waals surface area contributed by atoms with Crippen molar-refractivity contribution < 1.29 is 8.42 Å². The van der Waals surface area contributed by atoms with Crippen molar-refractivity contribution >= 4 is 10.2 Å². The predicted molar refractivity (Wildman–Crippen MR) is 71.0 cm³/mol. The maximum Gasteiger partial charge on any atom is 0.280 e. The van der Waals surface area contributed by atoms with Gasteiger partial charge in [0.1, 0.15) is 5.54 Å². The summed E-state index contributed by atoms with van der Waals surface area (Å²) < 4.78 is 28.4. The van der Waals surface area contributed by atoms with Crippen LogP contribution in [-0.4, -0.2) is 31.4 Å². The molecule has 0 atom stereocenters. The van der Waals surface area contributed by atoms with Crippen LogP contribution in [-0.2, 0) is 10.2 Å². The largest absolute Gasteiger partial charge is 0.280 e. The highest BCUT2D eigenvalue weighted by atomic mass is 32.2. The summed E-state index contributed by atoms with van der Waals surface area (Å²) in [5, 5.41) is 9.36. The van der Waals surface area contributed by atoms with Crippen LogP contribution in [0.25, 0.3) is 0 Å². The Kier molecular flexibility index (Phi) is 5.57. The molecule has 0 radical (unpaired) electrons. The number of rotatable bonds is 5. The van der Waals surface area contributed by atoms with Crippen molar-refractivity contribution in [1.82, 2.24) is 9.03 Å². The van der Waals surface area contributed by atoms with Crippen LogP contribution < -0.4 is 4.72 Å². The zero-order chi connectivity index (χ0) is 13.6. The second-order valence-corrected chi connectivity index (χ2v) is 6.47. The summed E-state index contributed by atoms with van der Waals surface area (Å²) in [7, 11) is -3.55. The number of nitrogens with one attached hydrogen (secondary N) is 1. The summed E-state index contributed by atoms with van der Waals surface area (Å²) in [6.07, 6.45) is 5.21. The summed E-state index contributed by atoms with van der Waals surface area (Å²) in [6.45, 7) is 4.45. The number of nitriles is 1. The van der Waals surface area contributed by atoms with Crippen molar-refractivity contribution in [2.45, 2.75) is 57.9 Å².